The van der Waals surface area contributed by atoms with Crippen LogP contribution in [0.4, 0.5) is 11.4 Å². The minimum atomic E-state index is -0.0933. The van der Waals surface area contributed by atoms with E-state index in [4.69, 9.17) is 0 Å². The van der Waals surface area contributed by atoms with Gasteiger partial charge in [0.15, 0.2) is 0 Å². The fourth-order valence-electron chi connectivity index (χ4n) is 1.81. The van der Waals surface area contributed by atoms with Crippen LogP contribution in [0.2, 0.25) is 0 Å². The zero-order valence-electron chi connectivity index (χ0n) is 10.3. The minimum Gasteiger partial charge on any atom is -0.326 e. The standard InChI is InChI=1S/C14H14N2O2/c1-9(17)15-13-5-3-12-8-14(16-10(2)18)6-4-11(12)7-13/h3-8H,1-2H3,(H,15,17)(H,16,18). The molecule has 0 unspecified atom stereocenters. The van der Waals surface area contributed by atoms with Crippen molar-refractivity contribution in [1.29, 1.82) is 0 Å². The van der Waals surface area contributed by atoms with E-state index in [9.17, 15) is 9.59 Å². The van der Waals surface area contributed by atoms with E-state index in [0.29, 0.717) is 0 Å². The highest BCUT2D eigenvalue weighted by Gasteiger charge is 2.01. The fraction of sp³-hybridized carbons (Fsp3) is 0.143. The minimum absolute atomic E-state index is 0.0933. The third-order valence-corrected chi connectivity index (χ3v) is 2.48. The van der Waals surface area contributed by atoms with E-state index in [1.165, 1.54) is 13.8 Å². The van der Waals surface area contributed by atoms with E-state index in [0.717, 1.165) is 22.1 Å². The van der Waals surface area contributed by atoms with Crippen molar-refractivity contribution in [2.45, 2.75) is 13.8 Å². The Bertz CT molecular complexity index is 565. The van der Waals surface area contributed by atoms with E-state index >= 15 is 0 Å². The first-order chi connectivity index (χ1) is 8.54. The molecular weight excluding hydrogens is 228 g/mol. The van der Waals surface area contributed by atoms with Crippen molar-refractivity contribution in [3.63, 3.8) is 0 Å². The molecule has 2 N–H and O–H groups in total. The summed E-state index contributed by atoms with van der Waals surface area (Å²) >= 11 is 0. The second kappa shape index (κ2) is 4.87. The molecule has 0 fully saturated rings. The molecule has 0 spiro atoms. The third kappa shape index (κ3) is 2.85. The van der Waals surface area contributed by atoms with Crippen molar-refractivity contribution >= 4 is 34.0 Å². The largest absolute Gasteiger partial charge is 0.326 e. The summed E-state index contributed by atoms with van der Waals surface area (Å²) in [5.41, 5.74) is 1.53. The van der Waals surface area contributed by atoms with Crippen molar-refractivity contribution in [3.8, 4) is 0 Å². The fourth-order valence-corrected chi connectivity index (χ4v) is 1.81. The second-order valence-corrected chi connectivity index (χ2v) is 4.14. The number of amides is 2. The van der Waals surface area contributed by atoms with Gasteiger partial charge in [-0.2, -0.15) is 0 Å². The van der Waals surface area contributed by atoms with Crippen molar-refractivity contribution in [1.82, 2.24) is 0 Å². The molecule has 2 amide bonds. The van der Waals surface area contributed by atoms with Gasteiger partial charge in [-0.3, -0.25) is 9.59 Å². The van der Waals surface area contributed by atoms with Crippen molar-refractivity contribution < 1.29 is 9.59 Å². The van der Waals surface area contributed by atoms with Crippen LogP contribution in [0.1, 0.15) is 13.8 Å². The van der Waals surface area contributed by atoms with E-state index in [-0.39, 0.29) is 11.8 Å². The van der Waals surface area contributed by atoms with Crippen LogP contribution in [0, 0.1) is 0 Å². The topological polar surface area (TPSA) is 58.2 Å². The number of anilines is 2. The van der Waals surface area contributed by atoms with Crippen molar-refractivity contribution in [3.05, 3.63) is 36.4 Å². The number of carbonyl (C=O) groups is 2. The van der Waals surface area contributed by atoms with Crippen LogP contribution in [0.5, 0.6) is 0 Å². The van der Waals surface area contributed by atoms with Gasteiger partial charge in [-0.05, 0) is 35.0 Å². The first-order valence-electron chi connectivity index (χ1n) is 5.63. The lowest BCUT2D eigenvalue weighted by atomic mass is 10.1. The Hall–Kier alpha value is -2.36. The zero-order valence-corrected chi connectivity index (χ0v) is 10.3. The maximum atomic E-state index is 11.0. The molecule has 0 aromatic heterocycles. The first kappa shape index (κ1) is 12.1. The summed E-state index contributed by atoms with van der Waals surface area (Å²) < 4.78 is 0. The van der Waals surface area contributed by atoms with Crippen LogP contribution in [-0.2, 0) is 9.59 Å². The highest BCUT2D eigenvalue weighted by atomic mass is 16.2. The van der Waals surface area contributed by atoms with E-state index in [2.05, 4.69) is 10.6 Å². The molecule has 0 saturated carbocycles. The Labute approximate surface area is 105 Å². The summed E-state index contributed by atoms with van der Waals surface area (Å²) in [5, 5.41) is 7.49. The lowest BCUT2D eigenvalue weighted by Gasteiger charge is -2.06. The lowest BCUT2D eigenvalue weighted by molar-refractivity contribution is -0.115. The van der Waals surface area contributed by atoms with Gasteiger partial charge in [0.1, 0.15) is 0 Å². The van der Waals surface area contributed by atoms with Crippen LogP contribution in [-0.4, -0.2) is 11.8 Å². The van der Waals surface area contributed by atoms with Gasteiger partial charge in [0.2, 0.25) is 11.8 Å². The number of nitrogens with one attached hydrogen (secondary N) is 2. The average molecular weight is 242 g/mol. The van der Waals surface area contributed by atoms with Gasteiger partial charge in [-0.15, -0.1) is 0 Å². The summed E-state index contributed by atoms with van der Waals surface area (Å²) in [7, 11) is 0. The van der Waals surface area contributed by atoms with Gasteiger partial charge >= 0.3 is 0 Å². The van der Waals surface area contributed by atoms with Crippen LogP contribution >= 0.6 is 0 Å². The Kier molecular flexibility index (Phi) is 3.28. The monoisotopic (exact) mass is 242 g/mol. The molecule has 0 aliphatic rings. The van der Waals surface area contributed by atoms with Crippen molar-refractivity contribution in [2.75, 3.05) is 10.6 Å². The predicted molar refractivity (Wildman–Crippen MR) is 72.6 cm³/mol. The Morgan fingerprint density at radius 3 is 1.50 bits per heavy atom. The summed E-state index contributed by atoms with van der Waals surface area (Å²) in [6.45, 7) is 2.95. The Morgan fingerprint density at radius 1 is 0.778 bits per heavy atom. The number of benzene rings is 2. The second-order valence-electron chi connectivity index (χ2n) is 4.14. The molecule has 0 heterocycles. The van der Waals surface area contributed by atoms with Crippen LogP contribution in [0.15, 0.2) is 36.4 Å². The third-order valence-electron chi connectivity index (χ3n) is 2.48. The quantitative estimate of drug-likeness (QED) is 0.850. The van der Waals surface area contributed by atoms with Gasteiger partial charge in [0.25, 0.3) is 0 Å². The zero-order chi connectivity index (χ0) is 13.1. The molecule has 18 heavy (non-hydrogen) atoms. The lowest BCUT2D eigenvalue weighted by Crippen LogP contribution is -2.06. The SMILES string of the molecule is CC(=O)Nc1ccc2cc(NC(C)=O)ccc2c1. The first-order valence-corrected chi connectivity index (χ1v) is 5.63. The smallest absolute Gasteiger partial charge is 0.221 e. The predicted octanol–water partition coefficient (Wildman–Crippen LogP) is 2.76. The number of hydrogen-bond donors (Lipinski definition) is 2. The molecule has 92 valence electrons. The summed E-state index contributed by atoms with van der Waals surface area (Å²) in [6, 6.07) is 11.3. The van der Waals surface area contributed by atoms with Crippen molar-refractivity contribution in [2.24, 2.45) is 0 Å². The van der Waals surface area contributed by atoms with E-state index < -0.39 is 0 Å². The van der Waals surface area contributed by atoms with E-state index in [1.54, 1.807) is 0 Å². The highest BCUT2D eigenvalue weighted by Crippen LogP contribution is 2.22. The molecule has 0 aliphatic carbocycles. The summed E-state index contributed by atoms with van der Waals surface area (Å²) in [6.07, 6.45) is 0. The summed E-state index contributed by atoms with van der Waals surface area (Å²) in [5.74, 6) is -0.187. The normalized spacial score (nSPS) is 10.1. The number of rotatable bonds is 2. The molecule has 0 bridgehead atoms. The molecule has 0 aliphatic heterocycles. The Balaban J connectivity index is 2.35. The molecule has 2 rings (SSSR count). The molecule has 4 heteroatoms. The molecule has 0 radical (unpaired) electrons. The van der Waals surface area contributed by atoms with Crippen LogP contribution < -0.4 is 10.6 Å². The number of carbonyl (C=O) groups excluding carboxylic acids is 2. The highest BCUT2D eigenvalue weighted by molar-refractivity contribution is 5.96. The van der Waals surface area contributed by atoms with Gasteiger partial charge in [-0.25, -0.2) is 0 Å². The molecule has 2 aromatic carbocycles. The molecule has 0 saturated heterocycles. The van der Waals surface area contributed by atoms with Crippen LogP contribution in [0.3, 0.4) is 0 Å². The van der Waals surface area contributed by atoms with Gasteiger partial charge < -0.3 is 10.6 Å². The molecule has 4 nitrogen and oxygen atoms in total. The maximum absolute atomic E-state index is 11.0. The van der Waals surface area contributed by atoms with Crippen LogP contribution in [0.25, 0.3) is 10.8 Å². The Morgan fingerprint density at radius 2 is 1.17 bits per heavy atom. The van der Waals surface area contributed by atoms with Gasteiger partial charge in [0, 0.05) is 25.2 Å². The van der Waals surface area contributed by atoms with Gasteiger partial charge in [-0.1, -0.05) is 12.1 Å². The number of fused-ring (bicyclic) bond motifs is 1. The molecule has 0 atom stereocenters. The van der Waals surface area contributed by atoms with E-state index in [1.807, 2.05) is 36.4 Å². The maximum Gasteiger partial charge on any atom is 0.221 e. The summed E-state index contributed by atoms with van der Waals surface area (Å²) in [4.78, 5) is 21.9. The molecule has 2 aromatic rings. The van der Waals surface area contributed by atoms with Gasteiger partial charge in [0.05, 0.1) is 0 Å². The average Bonchev–Trinajstić information content (AvgIpc) is 2.27. The number of hydrogen-bond acceptors (Lipinski definition) is 2. The molecular formula is C14H14N2O2.